The summed E-state index contributed by atoms with van der Waals surface area (Å²) in [5.74, 6) is 0. The molecule has 0 aromatic heterocycles. The van der Waals surface area contributed by atoms with Gasteiger partial charge < -0.3 is 0 Å². The third-order valence-electron chi connectivity index (χ3n) is 9.25. The first-order valence-corrected chi connectivity index (χ1v) is 18.1. The Kier molecular flexibility index (Phi) is 10.0. The summed E-state index contributed by atoms with van der Waals surface area (Å²) in [5, 5.41) is 4.30. The highest BCUT2D eigenvalue weighted by Gasteiger charge is 2.45. The maximum Gasteiger partial charge on any atom is 0.116 e. The molecule has 7 rings (SSSR count). The molecule has 0 atom stereocenters. The van der Waals surface area contributed by atoms with Gasteiger partial charge in [-0.2, -0.15) is 6.82 Å². The zero-order chi connectivity index (χ0) is 31.5. The molecule has 2 heteroatoms. The molecule has 0 bridgehead atoms. The molecule has 0 fully saturated rings. The quantitative estimate of drug-likeness (QED) is 0.121. The lowest BCUT2D eigenvalue weighted by molar-refractivity contribution is 1.39. The van der Waals surface area contributed by atoms with Gasteiger partial charge in [0.25, 0.3) is 0 Å². The smallest absolute Gasteiger partial charge is 0.116 e. The Labute approximate surface area is 275 Å². The molecule has 7 aromatic rings. The van der Waals surface area contributed by atoms with E-state index < -0.39 is 13.4 Å². The van der Waals surface area contributed by atoms with Gasteiger partial charge in [0.05, 0.1) is 12.3 Å². The van der Waals surface area contributed by atoms with Crippen molar-refractivity contribution >= 4 is 45.7 Å². The Morgan fingerprint density at radius 3 is 0.848 bits per heavy atom. The van der Waals surface area contributed by atoms with Crippen molar-refractivity contribution in [3.05, 3.63) is 218 Å². The van der Waals surface area contributed by atoms with Crippen molar-refractivity contribution in [1.82, 2.24) is 0 Å². The third kappa shape index (κ3) is 6.67. The summed E-state index contributed by atoms with van der Waals surface area (Å²) in [6.07, 6.45) is 0.122. The molecule has 0 spiro atoms. The molecule has 46 heavy (non-hydrogen) atoms. The minimum absolute atomic E-state index is 0.912. The Balaban J connectivity index is 0.000000167. The molecule has 224 valence electrons. The first-order valence-electron chi connectivity index (χ1n) is 16.2. The molecule has 0 nitrogen and oxygen atoms in total. The fourth-order valence-electron chi connectivity index (χ4n) is 6.72. The van der Waals surface area contributed by atoms with Crippen molar-refractivity contribution in [2.24, 2.45) is 0 Å². The first kappa shape index (κ1) is 31.0. The molecule has 0 unspecified atom stereocenters. The fraction of sp³-hybridized carbons (Fsp3) is 0.0455. The summed E-state index contributed by atoms with van der Waals surface area (Å²) in [4.78, 5) is 0. The molecule has 0 N–H and O–H groups in total. The Hall–Kier alpha value is -4.97. The standard InChI is InChI=1S/C25H22P.C19H18B/c1-5-13-22(14-6-1)21-26(23-15-7-2-8-16-23,24-17-9-3-10-18-24)25-19-11-4-12-20-25;1-20(17-11-5-2-6-12-17,18-13-7-3-8-14-18)19-15-9-4-10-16-19/h1-20H,21H2;2-16H,1H3/q+1;-1. The molecule has 0 aliphatic rings. The average molecular weight is 611 g/mol. The molecule has 0 saturated heterocycles. The van der Waals surface area contributed by atoms with E-state index in [1.54, 1.807) is 0 Å². The molecule has 0 heterocycles. The van der Waals surface area contributed by atoms with Crippen LogP contribution in [0.1, 0.15) is 5.56 Å². The van der Waals surface area contributed by atoms with Gasteiger partial charge in [0.15, 0.2) is 0 Å². The van der Waals surface area contributed by atoms with Crippen LogP contribution in [0.25, 0.3) is 0 Å². The van der Waals surface area contributed by atoms with Crippen LogP contribution in [0.2, 0.25) is 6.82 Å². The van der Waals surface area contributed by atoms with E-state index in [-0.39, 0.29) is 0 Å². The van der Waals surface area contributed by atoms with Gasteiger partial charge >= 0.3 is 0 Å². The number of benzene rings is 7. The lowest BCUT2D eigenvalue weighted by Crippen LogP contribution is -2.64. The zero-order valence-electron chi connectivity index (χ0n) is 26.4. The van der Waals surface area contributed by atoms with Gasteiger partial charge in [-0.3, -0.25) is 0 Å². The Morgan fingerprint density at radius 2 is 0.565 bits per heavy atom. The van der Waals surface area contributed by atoms with Gasteiger partial charge in [0, 0.05) is 0 Å². The summed E-state index contributed by atoms with van der Waals surface area (Å²) >= 11 is 0. The number of rotatable bonds is 8. The molecular formula is C44H40BP. The van der Waals surface area contributed by atoms with Gasteiger partial charge in [0.1, 0.15) is 23.2 Å². The van der Waals surface area contributed by atoms with Gasteiger partial charge in [-0.15, -0.1) is 0 Å². The van der Waals surface area contributed by atoms with Crippen LogP contribution in [0, 0.1) is 0 Å². The van der Waals surface area contributed by atoms with Crippen molar-refractivity contribution in [2.45, 2.75) is 13.0 Å². The van der Waals surface area contributed by atoms with Crippen LogP contribution >= 0.6 is 7.26 Å². The van der Waals surface area contributed by atoms with Crippen molar-refractivity contribution in [3.8, 4) is 0 Å². The Bertz CT molecular complexity index is 1690. The molecule has 0 amide bonds. The van der Waals surface area contributed by atoms with Crippen molar-refractivity contribution < 1.29 is 0 Å². The normalized spacial score (nSPS) is 11.2. The van der Waals surface area contributed by atoms with E-state index in [1.165, 1.54) is 37.9 Å². The highest BCUT2D eigenvalue weighted by Crippen LogP contribution is 2.58. The summed E-state index contributed by atoms with van der Waals surface area (Å²) < 4.78 is 0. The number of hydrogen-bond donors (Lipinski definition) is 0. The van der Waals surface area contributed by atoms with Crippen LogP contribution < -0.4 is 32.3 Å². The van der Waals surface area contributed by atoms with Crippen molar-refractivity contribution in [3.63, 3.8) is 0 Å². The van der Waals surface area contributed by atoms with E-state index in [0.29, 0.717) is 0 Å². The van der Waals surface area contributed by atoms with Gasteiger partial charge in [0.2, 0.25) is 0 Å². The predicted octanol–water partition coefficient (Wildman–Crippen LogP) is 7.97. The van der Waals surface area contributed by atoms with Crippen LogP contribution in [0.3, 0.4) is 0 Å². The number of hydrogen-bond acceptors (Lipinski definition) is 0. The SMILES string of the molecule is C[B-](c1ccccc1)(c1ccccc1)c1ccccc1.c1ccc(C[P+](c2ccccc2)(c2ccccc2)c2ccccc2)cc1. The first-order chi connectivity index (χ1) is 22.7. The predicted molar refractivity (Wildman–Crippen MR) is 205 cm³/mol. The summed E-state index contributed by atoms with van der Waals surface area (Å²) in [6.45, 7) is 2.36. The lowest BCUT2D eigenvalue weighted by atomic mass is 9.17. The van der Waals surface area contributed by atoms with Gasteiger partial charge in [-0.25, -0.2) is 16.4 Å². The largest absolute Gasteiger partial charge is 0.200 e. The van der Waals surface area contributed by atoms with E-state index in [9.17, 15) is 0 Å². The molecule has 0 aliphatic carbocycles. The van der Waals surface area contributed by atoms with E-state index in [0.717, 1.165) is 6.16 Å². The molecule has 0 aliphatic heterocycles. The van der Waals surface area contributed by atoms with E-state index in [2.05, 4.69) is 219 Å². The highest BCUT2D eigenvalue weighted by molar-refractivity contribution is 7.95. The van der Waals surface area contributed by atoms with E-state index in [4.69, 9.17) is 0 Å². The summed E-state index contributed by atoms with van der Waals surface area (Å²) in [5.41, 5.74) is 5.53. The molecular weight excluding hydrogens is 570 g/mol. The van der Waals surface area contributed by atoms with Crippen LogP contribution in [-0.4, -0.2) is 6.15 Å². The van der Waals surface area contributed by atoms with Crippen molar-refractivity contribution in [2.75, 3.05) is 0 Å². The van der Waals surface area contributed by atoms with E-state index in [1.807, 2.05) is 0 Å². The lowest BCUT2D eigenvalue weighted by Gasteiger charge is -2.39. The second kappa shape index (κ2) is 14.9. The molecule has 0 saturated carbocycles. The minimum Gasteiger partial charge on any atom is -0.200 e. The maximum absolute atomic E-state index is 2.36. The van der Waals surface area contributed by atoms with Crippen LogP contribution in [0.5, 0.6) is 0 Å². The maximum atomic E-state index is 2.36. The van der Waals surface area contributed by atoms with Gasteiger partial charge in [-0.05, 0) is 42.0 Å². The topological polar surface area (TPSA) is 0 Å². The average Bonchev–Trinajstić information content (AvgIpc) is 3.16. The second-order valence-corrected chi connectivity index (χ2v) is 15.5. The minimum atomic E-state index is -1.78. The second-order valence-electron chi connectivity index (χ2n) is 12.0. The van der Waals surface area contributed by atoms with Crippen molar-refractivity contribution in [1.29, 1.82) is 0 Å². The van der Waals surface area contributed by atoms with Crippen LogP contribution in [0.15, 0.2) is 212 Å². The fourth-order valence-corrected chi connectivity index (χ4v) is 11.0. The highest BCUT2D eigenvalue weighted by atomic mass is 31.2. The molecule has 7 aromatic carbocycles. The zero-order valence-corrected chi connectivity index (χ0v) is 27.3. The summed E-state index contributed by atoms with van der Waals surface area (Å²) in [7, 11) is -1.78. The monoisotopic (exact) mass is 610 g/mol. The summed E-state index contributed by atoms with van der Waals surface area (Å²) in [6, 6.07) is 76.4. The molecule has 0 radical (unpaired) electrons. The van der Waals surface area contributed by atoms with E-state index >= 15 is 0 Å². The van der Waals surface area contributed by atoms with Gasteiger partial charge in [-0.1, -0.05) is 176 Å². The Morgan fingerprint density at radius 1 is 0.326 bits per heavy atom. The van der Waals surface area contributed by atoms with Crippen LogP contribution in [-0.2, 0) is 6.16 Å². The third-order valence-corrected chi connectivity index (χ3v) is 13.6. The van der Waals surface area contributed by atoms with Crippen LogP contribution in [0.4, 0.5) is 0 Å².